The third-order valence-electron chi connectivity index (χ3n) is 3.94. The summed E-state index contributed by atoms with van der Waals surface area (Å²) in [4.78, 5) is 4.15. The summed E-state index contributed by atoms with van der Waals surface area (Å²) in [6.07, 6.45) is 3.86. The van der Waals surface area contributed by atoms with Gasteiger partial charge in [-0.3, -0.25) is 4.68 Å². The average Bonchev–Trinajstić information content (AvgIpc) is 3.17. The van der Waals surface area contributed by atoms with Gasteiger partial charge in [0.15, 0.2) is 12.0 Å². The van der Waals surface area contributed by atoms with Crippen molar-refractivity contribution in [2.75, 3.05) is 6.54 Å². The normalized spacial score (nSPS) is 18.9. The number of nitrogens with one attached hydrogen (secondary N) is 1. The van der Waals surface area contributed by atoms with Crippen molar-refractivity contribution in [3.05, 3.63) is 36.4 Å². The van der Waals surface area contributed by atoms with E-state index in [1.54, 1.807) is 0 Å². The second kappa shape index (κ2) is 4.45. The van der Waals surface area contributed by atoms with E-state index in [1.165, 1.54) is 12.8 Å². The number of benzene rings is 1. The molecular formula is C15H16N4O. The van der Waals surface area contributed by atoms with Crippen molar-refractivity contribution in [2.24, 2.45) is 7.05 Å². The van der Waals surface area contributed by atoms with Gasteiger partial charge in [0.1, 0.15) is 5.52 Å². The van der Waals surface area contributed by atoms with E-state index in [0.29, 0.717) is 6.04 Å². The third-order valence-corrected chi connectivity index (χ3v) is 3.94. The van der Waals surface area contributed by atoms with Gasteiger partial charge in [0.05, 0.1) is 17.4 Å². The Hall–Kier alpha value is -2.14. The highest BCUT2D eigenvalue weighted by molar-refractivity contribution is 5.79. The van der Waals surface area contributed by atoms with Crippen LogP contribution in [0.25, 0.3) is 22.4 Å². The van der Waals surface area contributed by atoms with Crippen LogP contribution in [-0.4, -0.2) is 21.3 Å². The molecule has 1 aliphatic rings. The van der Waals surface area contributed by atoms with E-state index in [0.717, 1.165) is 41.0 Å². The number of hydrogen-bond acceptors (Lipinski definition) is 4. The van der Waals surface area contributed by atoms with Gasteiger partial charge in [-0.2, -0.15) is 5.10 Å². The van der Waals surface area contributed by atoms with E-state index in [2.05, 4.69) is 27.5 Å². The Bertz CT molecular complexity index is 752. The van der Waals surface area contributed by atoms with Crippen LogP contribution in [-0.2, 0) is 7.05 Å². The molecule has 0 bridgehead atoms. The molecular weight excluding hydrogens is 252 g/mol. The van der Waals surface area contributed by atoms with Crippen molar-refractivity contribution in [3.8, 4) is 11.3 Å². The Balaban J connectivity index is 1.76. The molecule has 4 rings (SSSR count). The van der Waals surface area contributed by atoms with Crippen molar-refractivity contribution in [1.29, 1.82) is 0 Å². The first-order chi connectivity index (χ1) is 9.81. The van der Waals surface area contributed by atoms with E-state index < -0.39 is 0 Å². The lowest BCUT2D eigenvalue weighted by molar-refractivity contribution is 0.602. The number of oxazole rings is 1. The van der Waals surface area contributed by atoms with Crippen LogP contribution in [0, 0.1) is 0 Å². The smallest absolute Gasteiger partial charge is 0.181 e. The van der Waals surface area contributed by atoms with Crippen molar-refractivity contribution < 1.29 is 4.42 Å². The Morgan fingerprint density at radius 3 is 3.15 bits per heavy atom. The third kappa shape index (κ3) is 1.82. The van der Waals surface area contributed by atoms with Crippen LogP contribution in [0.1, 0.15) is 24.6 Å². The van der Waals surface area contributed by atoms with Crippen molar-refractivity contribution in [1.82, 2.24) is 20.1 Å². The van der Waals surface area contributed by atoms with Crippen LogP contribution >= 0.6 is 0 Å². The van der Waals surface area contributed by atoms with Crippen LogP contribution in [0.4, 0.5) is 0 Å². The molecule has 1 N–H and O–H groups in total. The van der Waals surface area contributed by atoms with Gasteiger partial charge in [-0.15, -0.1) is 0 Å². The highest BCUT2D eigenvalue weighted by atomic mass is 16.3. The van der Waals surface area contributed by atoms with E-state index >= 15 is 0 Å². The van der Waals surface area contributed by atoms with Gasteiger partial charge in [-0.25, -0.2) is 4.98 Å². The zero-order chi connectivity index (χ0) is 13.5. The first-order valence-electron chi connectivity index (χ1n) is 6.92. The molecule has 20 heavy (non-hydrogen) atoms. The molecule has 5 heteroatoms. The van der Waals surface area contributed by atoms with Crippen LogP contribution in [0.15, 0.2) is 35.1 Å². The monoisotopic (exact) mass is 268 g/mol. The molecule has 1 atom stereocenters. The lowest BCUT2D eigenvalue weighted by atomic mass is 10.1. The molecule has 0 spiro atoms. The Kier molecular flexibility index (Phi) is 2.60. The van der Waals surface area contributed by atoms with E-state index in [-0.39, 0.29) is 0 Å². The summed E-state index contributed by atoms with van der Waals surface area (Å²) in [6.45, 7) is 1.08. The zero-order valence-electron chi connectivity index (χ0n) is 11.3. The fraction of sp³-hybridized carbons (Fsp3) is 0.333. The van der Waals surface area contributed by atoms with Gasteiger partial charge in [0, 0.05) is 12.6 Å². The molecule has 5 nitrogen and oxygen atoms in total. The molecule has 1 unspecified atom stereocenters. The summed E-state index contributed by atoms with van der Waals surface area (Å²) in [5.74, 6) is 0. The van der Waals surface area contributed by atoms with Gasteiger partial charge in [-0.05, 0) is 37.6 Å². The number of rotatable bonds is 2. The quantitative estimate of drug-likeness (QED) is 0.776. The van der Waals surface area contributed by atoms with E-state index in [1.807, 2.05) is 23.9 Å². The van der Waals surface area contributed by atoms with E-state index in [4.69, 9.17) is 4.42 Å². The predicted molar refractivity (Wildman–Crippen MR) is 76.2 cm³/mol. The second-order valence-corrected chi connectivity index (χ2v) is 5.26. The first kappa shape index (κ1) is 11.7. The summed E-state index contributed by atoms with van der Waals surface area (Å²) in [5, 5.41) is 8.13. The summed E-state index contributed by atoms with van der Waals surface area (Å²) >= 11 is 0. The summed E-state index contributed by atoms with van der Waals surface area (Å²) in [5.41, 5.74) is 5.02. The number of aromatic nitrogens is 3. The molecule has 1 saturated heterocycles. The number of hydrogen-bond donors (Lipinski definition) is 1. The highest BCUT2D eigenvalue weighted by Crippen LogP contribution is 2.28. The van der Waals surface area contributed by atoms with Gasteiger partial charge in [0.25, 0.3) is 0 Å². The molecule has 1 aliphatic heterocycles. The molecule has 0 radical (unpaired) electrons. The van der Waals surface area contributed by atoms with E-state index in [9.17, 15) is 0 Å². The Labute approximate surface area is 116 Å². The minimum Gasteiger partial charge on any atom is -0.443 e. The zero-order valence-corrected chi connectivity index (χ0v) is 11.3. The molecule has 102 valence electrons. The SMILES string of the molecule is Cn1nc(C2CCCN2)cc1-c1ccc2ncoc2c1. The molecule has 0 saturated carbocycles. The lowest BCUT2D eigenvalue weighted by Gasteiger charge is -2.04. The topological polar surface area (TPSA) is 55.9 Å². The van der Waals surface area contributed by atoms with Crippen LogP contribution in [0.2, 0.25) is 0 Å². The van der Waals surface area contributed by atoms with Crippen molar-refractivity contribution in [2.45, 2.75) is 18.9 Å². The minimum absolute atomic E-state index is 0.393. The van der Waals surface area contributed by atoms with Crippen LogP contribution in [0.5, 0.6) is 0 Å². The van der Waals surface area contributed by atoms with Crippen molar-refractivity contribution >= 4 is 11.1 Å². The Morgan fingerprint density at radius 1 is 1.35 bits per heavy atom. The average molecular weight is 268 g/mol. The Morgan fingerprint density at radius 2 is 2.30 bits per heavy atom. The maximum atomic E-state index is 5.37. The van der Waals surface area contributed by atoms with Gasteiger partial charge >= 0.3 is 0 Å². The molecule has 3 aromatic rings. The predicted octanol–water partition coefficient (Wildman–Crippen LogP) is 2.65. The fourth-order valence-corrected chi connectivity index (χ4v) is 2.88. The molecule has 3 heterocycles. The fourth-order valence-electron chi connectivity index (χ4n) is 2.88. The van der Waals surface area contributed by atoms with Gasteiger partial charge < -0.3 is 9.73 Å². The van der Waals surface area contributed by atoms with Crippen LogP contribution < -0.4 is 5.32 Å². The standard InChI is InChI=1S/C15H16N4O/c1-19-14(8-13(18-19)11-3-2-6-16-11)10-4-5-12-15(7-10)20-9-17-12/h4-5,7-9,11,16H,2-3,6H2,1H3. The molecule has 2 aromatic heterocycles. The largest absolute Gasteiger partial charge is 0.443 e. The maximum Gasteiger partial charge on any atom is 0.181 e. The first-order valence-corrected chi connectivity index (χ1v) is 6.92. The minimum atomic E-state index is 0.393. The van der Waals surface area contributed by atoms with Gasteiger partial charge in [-0.1, -0.05) is 6.07 Å². The number of aryl methyl sites for hydroxylation is 1. The lowest BCUT2D eigenvalue weighted by Crippen LogP contribution is -2.13. The highest BCUT2D eigenvalue weighted by Gasteiger charge is 2.20. The molecule has 0 amide bonds. The number of fused-ring (bicyclic) bond motifs is 1. The molecule has 0 aliphatic carbocycles. The summed E-state index contributed by atoms with van der Waals surface area (Å²) < 4.78 is 7.31. The second-order valence-electron chi connectivity index (χ2n) is 5.26. The summed E-state index contributed by atoms with van der Waals surface area (Å²) in [6, 6.07) is 8.62. The van der Waals surface area contributed by atoms with Crippen LogP contribution in [0.3, 0.4) is 0 Å². The molecule has 1 aromatic carbocycles. The maximum absolute atomic E-state index is 5.37. The van der Waals surface area contributed by atoms with Gasteiger partial charge in [0.2, 0.25) is 0 Å². The summed E-state index contributed by atoms with van der Waals surface area (Å²) in [7, 11) is 1.98. The van der Waals surface area contributed by atoms with Crippen molar-refractivity contribution in [3.63, 3.8) is 0 Å². The number of nitrogens with zero attached hydrogens (tertiary/aromatic N) is 3. The molecule has 1 fully saturated rings.